The highest BCUT2D eigenvalue weighted by Gasteiger charge is 2.40. The van der Waals surface area contributed by atoms with Crippen molar-refractivity contribution in [3.8, 4) is 5.75 Å². The smallest absolute Gasteiger partial charge is 0.213 e. The van der Waals surface area contributed by atoms with Crippen molar-refractivity contribution in [3.63, 3.8) is 0 Å². The minimum Gasteiger partial charge on any atom is -0.464 e. The van der Waals surface area contributed by atoms with Gasteiger partial charge in [-0.15, -0.1) is 0 Å². The third-order valence-corrected chi connectivity index (χ3v) is 5.46. The molecule has 0 fully saturated rings. The Hall–Kier alpha value is -2.78. The quantitative estimate of drug-likeness (QED) is 0.558. The van der Waals surface area contributed by atoms with Crippen LogP contribution in [-0.4, -0.2) is 10.7 Å². The van der Waals surface area contributed by atoms with E-state index in [1.165, 1.54) is 5.56 Å². The first-order chi connectivity index (χ1) is 13.2. The predicted octanol–water partition coefficient (Wildman–Crippen LogP) is 5.89. The van der Waals surface area contributed by atoms with E-state index < -0.39 is 0 Å². The van der Waals surface area contributed by atoms with Crippen LogP contribution in [-0.2, 0) is 0 Å². The van der Waals surface area contributed by atoms with Gasteiger partial charge in [-0.25, -0.2) is 5.01 Å². The van der Waals surface area contributed by atoms with Crippen LogP contribution in [0.3, 0.4) is 0 Å². The molecule has 0 amide bonds. The molecule has 0 saturated carbocycles. The van der Waals surface area contributed by atoms with E-state index >= 15 is 0 Å². The molecule has 134 valence electrons. The minimum absolute atomic E-state index is 0.119. The SMILES string of the molecule is Cc1ccc(C2=NN3[C@@H](C2)c2cc(Cl)ccc2O[C@H]3c2ccccc2)cc1. The van der Waals surface area contributed by atoms with E-state index in [-0.39, 0.29) is 12.3 Å². The van der Waals surface area contributed by atoms with Gasteiger partial charge in [0.25, 0.3) is 0 Å². The maximum atomic E-state index is 6.35. The van der Waals surface area contributed by atoms with E-state index in [2.05, 4.69) is 48.3 Å². The molecule has 2 aliphatic rings. The Morgan fingerprint density at radius 2 is 1.78 bits per heavy atom. The van der Waals surface area contributed by atoms with Crippen molar-refractivity contribution in [3.05, 3.63) is 100 Å². The van der Waals surface area contributed by atoms with Crippen LogP contribution < -0.4 is 4.74 Å². The van der Waals surface area contributed by atoms with Gasteiger partial charge in [-0.05, 0) is 30.7 Å². The Morgan fingerprint density at radius 1 is 1.00 bits per heavy atom. The van der Waals surface area contributed by atoms with Gasteiger partial charge < -0.3 is 4.74 Å². The number of ether oxygens (including phenoxy) is 1. The van der Waals surface area contributed by atoms with Crippen LogP contribution in [0.4, 0.5) is 0 Å². The molecule has 3 aromatic carbocycles. The first-order valence-corrected chi connectivity index (χ1v) is 9.51. The number of aryl methyl sites for hydroxylation is 1. The Labute approximate surface area is 163 Å². The molecule has 0 aromatic heterocycles. The summed E-state index contributed by atoms with van der Waals surface area (Å²) in [7, 11) is 0. The Morgan fingerprint density at radius 3 is 2.56 bits per heavy atom. The third-order valence-electron chi connectivity index (χ3n) is 5.22. The number of hydrogen-bond donors (Lipinski definition) is 0. The molecule has 27 heavy (non-hydrogen) atoms. The van der Waals surface area contributed by atoms with Crippen molar-refractivity contribution >= 4 is 17.3 Å². The first-order valence-electron chi connectivity index (χ1n) is 9.13. The number of fused-ring (bicyclic) bond motifs is 3. The second-order valence-electron chi connectivity index (χ2n) is 7.08. The van der Waals surface area contributed by atoms with Gasteiger partial charge in [0.2, 0.25) is 6.23 Å². The van der Waals surface area contributed by atoms with Gasteiger partial charge in [-0.2, -0.15) is 5.10 Å². The van der Waals surface area contributed by atoms with Crippen molar-refractivity contribution in [2.45, 2.75) is 25.6 Å². The molecule has 5 rings (SSSR count). The summed E-state index contributed by atoms with van der Waals surface area (Å²) in [5.41, 5.74) is 5.68. The molecule has 0 aliphatic carbocycles. The summed E-state index contributed by atoms with van der Waals surface area (Å²) in [6, 6.07) is 24.8. The highest BCUT2D eigenvalue weighted by molar-refractivity contribution is 6.30. The van der Waals surface area contributed by atoms with Gasteiger partial charge in [-0.1, -0.05) is 71.8 Å². The van der Waals surface area contributed by atoms with Gasteiger partial charge in [0, 0.05) is 22.6 Å². The maximum Gasteiger partial charge on any atom is 0.213 e. The highest BCUT2D eigenvalue weighted by atomic mass is 35.5. The Bertz CT molecular complexity index is 1010. The van der Waals surface area contributed by atoms with E-state index in [1.54, 1.807) is 0 Å². The van der Waals surface area contributed by atoms with E-state index in [0.29, 0.717) is 0 Å². The molecule has 3 nitrogen and oxygen atoms in total. The van der Waals surface area contributed by atoms with Crippen LogP contribution >= 0.6 is 11.6 Å². The molecule has 0 spiro atoms. The molecule has 0 radical (unpaired) electrons. The van der Waals surface area contributed by atoms with Gasteiger partial charge in [-0.3, -0.25) is 0 Å². The fourth-order valence-electron chi connectivity index (χ4n) is 3.82. The summed E-state index contributed by atoms with van der Waals surface area (Å²) in [5, 5.41) is 7.79. The van der Waals surface area contributed by atoms with Crippen LogP contribution in [0.15, 0.2) is 77.9 Å². The molecule has 0 N–H and O–H groups in total. The summed E-state index contributed by atoms with van der Waals surface area (Å²) >= 11 is 6.28. The molecule has 2 aliphatic heterocycles. The normalized spacial score (nSPS) is 20.5. The van der Waals surface area contributed by atoms with E-state index in [9.17, 15) is 0 Å². The minimum atomic E-state index is -0.243. The molecule has 3 aromatic rings. The number of hydrogen-bond acceptors (Lipinski definition) is 3. The van der Waals surface area contributed by atoms with Crippen molar-refractivity contribution in [1.82, 2.24) is 5.01 Å². The molecule has 4 heteroatoms. The Balaban J connectivity index is 1.60. The summed E-state index contributed by atoms with van der Waals surface area (Å²) in [6.07, 6.45) is 0.594. The lowest BCUT2D eigenvalue weighted by Crippen LogP contribution is -2.33. The second-order valence-corrected chi connectivity index (χ2v) is 7.51. The second kappa shape index (κ2) is 6.43. The molecular formula is C23H19ClN2O. The standard InChI is InChI=1S/C23H19ClN2O/c1-15-7-9-16(10-8-15)20-14-21-19-13-18(24)11-12-22(19)27-23(26(21)25-20)17-5-3-2-4-6-17/h2-13,21,23H,14H2,1H3/t21-,23-/m0/s1. The lowest BCUT2D eigenvalue weighted by molar-refractivity contribution is -0.0190. The van der Waals surface area contributed by atoms with Crippen molar-refractivity contribution in [2.75, 3.05) is 0 Å². The number of benzene rings is 3. The predicted molar refractivity (Wildman–Crippen MR) is 108 cm³/mol. The van der Waals surface area contributed by atoms with Gasteiger partial charge in [0.15, 0.2) is 0 Å². The lowest BCUT2D eigenvalue weighted by Gasteiger charge is -2.38. The molecule has 2 heterocycles. The highest BCUT2D eigenvalue weighted by Crippen LogP contribution is 2.48. The lowest BCUT2D eigenvalue weighted by atomic mass is 9.95. The summed E-state index contributed by atoms with van der Waals surface area (Å²) < 4.78 is 6.35. The third kappa shape index (κ3) is 2.88. The zero-order valence-electron chi connectivity index (χ0n) is 15.0. The fourth-order valence-corrected chi connectivity index (χ4v) is 4.00. The van der Waals surface area contributed by atoms with E-state index in [1.807, 2.05) is 36.4 Å². The molecular weight excluding hydrogens is 356 g/mol. The van der Waals surface area contributed by atoms with Crippen molar-refractivity contribution in [1.29, 1.82) is 0 Å². The maximum absolute atomic E-state index is 6.35. The van der Waals surface area contributed by atoms with Crippen molar-refractivity contribution < 1.29 is 4.74 Å². The number of rotatable bonds is 2. The first kappa shape index (κ1) is 16.4. The summed E-state index contributed by atoms with van der Waals surface area (Å²) in [4.78, 5) is 0. The fraction of sp³-hybridized carbons (Fsp3) is 0.174. The van der Waals surface area contributed by atoms with Gasteiger partial charge in [0.05, 0.1) is 11.8 Å². The number of halogens is 1. The largest absolute Gasteiger partial charge is 0.464 e. The molecule has 0 bridgehead atoms. The molecule has 2 atom stereocenters. The zero-order chi connectivity index (χ0) is 18.4. The number of nitrogens with zero attached hydrogens (tertiary/aromatic N) is 2. The van der Waals surface area contributed by atoms with Crippen molar-refractivity contribution in [2.24, 2.45) is 5.10 Å². The van der Waals surface area contributed by atoms with Crippen LogP contribution in [0.5, 0.6) is 5.75 Å². The summed E-state index contributed by atoms with van der Waals surface area (Å²) in [5.74, 6) is 0.884. The topological polar surface area (TPSA) is 24.8 Å². The summed E-state index contributed by atoms with van der Waals surface area (Å²) in [6.45, 7) is 2.10. The average Bonchev–Trinajstić information content (AvgIpc) is 3.14. The van der Waals surface area contributed by atoms with Gasteiger partial charge in [0.1, 0.15) is 5.75 Å². The van der Waals surface area contributed by atoms with Gasteiger partial charge >= 0.3 is 0 Å². The molecule has 0 saturated heterocycles. The average molecular weight is 375 g/mol. The van der Waals surface area contributed by atoms with Crippen LogP contribution in [0.1, 0.15) is 40.9 Å². The van der Waals surface area contributed by atoms with E-state index in [0.717, 1.165) is 39.6 Å². The van der Waals surface area contributed by atoms with E-state index in [4.69, 9.17) is 21.4 Å². The molecule has 0 unspecified atom stereocenters. The van der Waals surface area contributed by atoms with Crippen LogP contribution in [0.2, 0.25) is 5.02 Å². The van der Waals surface area contributed by atoms with Crippen LogP contribution in [0, 0.1) is 6.92 Å². The Kier molecular flexibility index (Phi) is 3.91. The monoisotopic (exact) mass is 374 g/mol. The zero-order valence-corrected chi connectivity index (χ0v) is 15.7. The van der Waals surface area contributed by atoms with Crippen LogP contribution in [0.25, 0.3) is 0 Å². The number of hydrazone groups is 1.